The number of hydrogen-bond donors (Lipinski definition) is 1. The predicted octanol–water partition coefficient (Wildman–Crippen LogP) is 3.43. The zero-order valence-corrected chi connectivity index (χ0v) is 15.0. The Bertz CT molecular complexity index is 694. The second kappa shape index (κ2) is 8.81. The third-order valence-corrected chi connectivity index (χ3v) is 4.68. The average Bonchev–Trinajstić information content (AvgIpc) is 2.83. The van der Waals surface area contributed by atoms with Gasteiger partial charge in [0.1, 0.15) is 11.5 Å². The number of aromatic nitrogens is 2. The molecule has 1 N–H and O–H groups in total. The van der Waals surface area contributed by atoms with Crippen LogP contribution < -0.4 is 5.32 Å². The molecule has 5 heteroatoms. The van der Waals surface area contributed by atoms with Crippen LogP contribution in [-0.2, 0) is 17.7 Å². The third kappa shape index (κ3) is 4.28. The van der Waals surface area contributed by atoms with Gasteiger partial charge in [-0.1, -0.05) is 36.8 Å². The van der Waals surface area contributed by atoms with Crippen LogP contribution in [0, 0.1) is 0 Å². The fourth-order valence-electron chi connectivity index (χ4n) is 3.37. The van der Waals surface area contributed by atoms with Crippen LogP contribution in [0.15, 0.2) is 30.3 Å². The maximum atomic E-state index is 12.7. The van der Waals surface area contributed by atoms with E-state index in [9.17, 15) is 4.79 Å². The smallest absolute Gasteiger partial charge is 0.271 e. The van der Waals surface area contributed by atoms with Gasteiger partial charge in [-0.15, -0.1) is 0 Å². The van der Waals surface area contributed by atoms with Gasteiger partial charge in [0.15, 0.2) is 0 Å². The van der Waals surface area contributed by atoms with Gasteiger partial charge in [0.2, 0.25) is 0 Å². The second-order valence-electron chi connectivity index (χ2n) is 6.51. The third-order valence-electron chi connectivity index (χ3n) is 4.68. The van der Waals surface area contributed by atoms with Crippen molar-refractivity contribution in [1.82, 2.24) is 14.9 Å². The monoisotopic (exact) mass is 341 g/mol. The van der Waals surface area contributed by atoms with E-state index in [-0.39, 0.29) is 5.91 Å². The number of amides is 1. The Hall–Kier alpha value is -2.14. The molecular formula is C20H27N3O2. The summed E-state index contributed by atoms with van der Waals surface area (Å²) >= 11 is 0. The number of fused-ring (bicyclic) bond motifs is 1. The van der Waals surface area contributed by atoms with Crippen LogP contribution in [0.25, 0.3) is 11.4 Å². The van der Waals surface area contributed by atoms with Crippen molar-refractivity contribution in [2.75, 3.05) is 20.3 Å². The largest absolute Gasteiger partial charge is 0.385 e. The molecule has 1 aromatic heterocycles. The fourth-order valence-corrected chi connectivity index (χ4v) is 3.37. The predicted molar refractivity (Wildman–Crippen MR) is 98.7 cm³/mol. The van der Waals surface area contributed by atoms with Gasteiger partial charge < -0.3 is 14.6 Å². The van der Waals surface area contributed by atoms with E-state index < -0.39 is 0 Å². The van der Waals surface area contributed by atoms with Gasteiger partial charge in [0, 0.05) is 32.4 Å². The van der Waals surface area contributed by atoms with Gasteiger partial charge in [-0.25, -0.2) is 4.98 Å². The number of carbonyl (C=O) groups excluding carboxylic acids is 1. The van der Waals surface area contributed by atoms with E-state index in [0.29, 0.717) is 12.2 Å². The van der Waals surface area contributed by atoms with Crippen molar-refractivity contribution in [3.05, 3.63) is 41.7 Å². The molecule has 1 aliphatic heterocycles. The molecule has 0 unspecified atom stereocenters. The molecule has 2 aromatic rings. The van der Waals surface area contributed by atoms with Gasteiger partial charge in [0.05, 0.1) is 5.69 Å². The minimum atomic E-state index is -0.0507. The molecule has 0 bridgehead atoms. The Morgan fingerprint density at radius 3 is 2.84 bits per heavy atom. The van der Waals surface area contributed by atoms with E-state index in [0.717, 1.165) is 62.3 Å². The topological polar surface area (TPSA) is 56.1 Å². The highest BCUT2D eigenvalue weighted by Crippen LogP contribution is 2.27. The molecule has 0 radical (unpaired) electrons. The lowest BCUT2D eigenvalue weighted by molar-refractivity contribution is 0.0945. The molecule has 0 aliphatic carbocycles. The van der Waals surface area contributed by atoms with E-state index in [1.54, 1.807) is 7.11 Å². The number of carbonyl (C=O) groups is 1. The number of ether oxygens (including phenoxy) is 1. The molecule has 1 aromatic carbocycles. The van der Waals surface area contributed by atoms with Crippen molar-refractivity contribution in [3.8, 4) is 11.4 Å². The summed E-state index contributed by atoms with van der Waals surface area (Å²) in [6.07, 6.45) is 6.25. The van der Waals surface area contributed by atoms with E-state index in [4.69, 9.17) is 9.72 Å². The van der Waals surface area contributed by atoms with Crippen molar-refractivity contribution in [3.63, 3.8) is 0 Å². The summed E-state index contributed by atoms with van der Waals surface area (Å²) in [5, 5.41) is 3.02. The number of nitrogens with zero attached hydrogens (tertiary/aromatic N) is 2. The van der Waals surface area contributed by atoms with Crippen LogP contribution >= 0.6 is 0 Å². The lowest BCUT2D eigenvalue weighted by atomic mass is 10.1. The normalized spacial score (nSPS) is 14.0. The van der Waals surface area contributed by atoms with Crippen molar-refractivity contribution in [2.45, 2.75) is 45.1 Å². The summed E-state index contributed by atoms with van der Waals surface area (Å²) in [5.41, 5.74) is 2.77. The van der Waals surface area contributed by atoms with Gasteiger partial charge in [-0.3, -0.25) is 4.79 Å². The summed E-state index contributed by atoms with van der Waals surface area (Å²) in [6, 6.07) is 10.2. The Morgan fingerprint density at radius 1 is 1.20 bits per heavy atom. The first-order valence-corrected chi connectivity index (χ1v) is 9.23. The fraction of sp³-hybridized carbons (Fsp3) is 0.500. The summed E-state index contributed by atoms with van der Waals surface area (Å²) in [4.78, 5) is 17.4. The maximum Gasteiger partial charge on any atom is 0.271 e. The number of imidazole rings is 1. The zero-order chi connectivity index (χ0) is 17.5. The van der Waals surface area contributed by atoms with Crippen molar-refractivity contribution in [1.29, 1.82) is 0 Å². The first-order valence-electron chi connectivity index (χ1n) is 9.23. The van der Waals surface area contributed by atoms with Crippen LogP contribution in [0.1, 0.15) is 48.3 Å². The maximum absolute atomic E-state index is 12.7. The van der Waals surface area contributed by atoms with Crippen LogP contribution in [0.3, 0.4) is 0 Å². The standard InChI is InChI=1S/C20H27N3O2/c1-25-15-9-7-13-21-20(24)18-17-12-6-3-8-14-23(17)19(22-18)16-10-4-2-5-11-16/h2,4-5,10-11H,3,6-9,12-15H2,1H3,(H,21,24). The van der Waals surface area contributed by atoms with Gasteiger partial charge >= 0.3 is 0 Å². The molecular weight excluding hydrogens is 314 g/mol. The zero-order valence-electron chi connectivity index (χ0n) is 15.0. The highest BCUT2D eigenvalue weighted by Gasteiger charge is 2.23. The van der Waals surface area contributed by atoms with Crippen LogP contribution in [0.2, 0.25) is 0 Å². The van der Waals surface area contributed by atoms with Crippen LogP contribution in [0.4, 0.5) is 0 Å². The molecule has 0 saturated heterocycles. The molecule has 0 fully saturated rings. The lowest BCUT2D eigenvalue weighted by Gasteiger charge is -2.09. The first kappa shape index (κ1) is 17.7. The highest BCUT2D eigenvalue weighted by atomic mass is 16.5. The molecule has 0 saturated carbocycles. The molecule has 5 nitrogen and oxygen atoms in total. The average molecular weight is 341 g/mol. The number of methoxy groups -OCH3 is 1. The number of benzene rings is 1. The van der Waals surface area contributed by atoms with Crippen molar-refractivity contribution in [2.24, 2.45) is 0 Å². The lowest BCUT2D eigenvalue weighted by Crippen LogP contribution is -2.26. The molecule has 2 heterocycles. The van der Waals surface area contributed by atoms with Gasteiger partial charge in [-0.2, -0.15) is 0 Å². The van der Waals surface area contributed by atoms with E-state index >= 15 is 0 Å². The quantitative estimate of drug-likeness (QED) is 0.785. The molecule has 1 amide bonds. The van der Waals surface area contributed by atoms with E-state index in [1.807, 2.05) is 18.2 Å². The molecule has 0 atom stereocenters. The minimum absolute atomic E-state index is 0.0507. The summed E-state index contributed by atoms with van der Waals surface area (Å²) in [6.45, 7) is 2.33. The Labute approximate surface area is 149 Å². The minimum Gasteiger partial charge on any atom is -0.385 e. The number of unbranched alkanes of at least 4 members (excludes halogenated alkanes) is 1. The highest BCUT2D eigenvalue weighted by molar-refractivity contribution is 5.94. The van der Waals surface area contributed by atoms with E-state index in [2.05, 4.69) is 22.0 Å². The van der Waals surface area contributed by atoms with Gasteiger partial charge in [0.25, 0.3) is 5.91 Å². The number of hydrogen-bond acceptors (Lipinski definition) is 3. The molecule has 1 aliphatic rings. The Balaban J connectivity index is 1.81. The first-order chi connectivity index (χ1) is 12.3. The Morgan fingerprint density at radius 2 is 2.04 bits per heavy atom. The molecule has 3 rings (SSSR count). The number of rotatable bonds is 7. The summed E-state index contributed by atoms with van der Waals surface area (Å²) < 4.78 is 7.30. The van der Waals surface area contributed by atoms with Crippen LogP contribution in [-0.4, -0.2) is 35.7 Å². The second-order valence-corrected chi connectivity index (χ2v) is 6.51. The Kier molecular flexibility index (Phi) is 6.23. The molecule has 134 valence electrons. The summed E-state index contributed by atoms with van der Waals surface area (Å²) in [7, 11) is 1.70. The van der Waals surface area contributed by atoms with Crippen molar-refractivity contribution < 1.29 is 9.53 Å². The molecule has 25 heavy (non-hydrogen) atoms. The summed E-state index contributed by atoms with van der Waals surface area (Å²) in [5.74, 6) is 0.868. The SMILES string of the molecule is COCCCCNC(=O)c1nc(-c2ccccc2)n2c1CCCCC2. The van der Waals surface area contributed by atoms with Crippen molar-refractivity contribution >= 4 is 5.91 Å². The van der Waals surface area contributed by atoms with Gasteiger partial charge in [-0.05, 0) is 32.1 Å². The van der Waals surface area contributed by atoms with Crippen LogP contribution in [0.5, 0.6) is 0 Å². The van der Waals surface area contributed by atoms with E-state index in [1.165, 1.54) is 6.42 Å². The molecule has 0 spiro atoms. The number of nitrogens with one attached hydrogen (secondary N) is 1.